The summed E-state index contributed by atoms with van der Waals surface area (Å²) in [5.41, 5.74) is 9.09. The molecule has 2 heterocycles. The number of pyridine rings is 1. The third-order valence-electron chi connectivity index (χ3n) is 4.31. The van der Waals surface area contributed by atoms with Gasteiger partial charge in [-0.15, -0.1) is 0 Å². The SMILES string of the molecule is Cc1[nH]c2c(CC(N)=O)cc(F)c(Cc3cnc(Cl)c(F)c3)c2c1C. The first-order valence-electron chi connectivity index (χ1n) is 7.65. The molecule has 1 amide bonds. The Morgan fingerprint density at radius 2 is 2.00 bits per heavy atom. The number of halogens is 3. The first kappa shape index (κ1) is 17.4. The Kier molecular flexibility index (Phi) is 4.47. The standard InChI is InChI=1S/C18H16ClF2N3O/c1-8-9(2)24-17-11(6-15(22)25)5-13(20)12(16(8)17)3-10-4-14(21)18(19)23-7-10/h4-5,7,24H,3,6H2,1-2H3,(H2,22,25). The van der Waals surface area contributed by atoms with Crippen LogP contribution >= 0.6 is 11.6 Å². The number of aryl methyl sites for hydroxylation is 2. The van der Waals surface area contributed by atoms with Crippen molar-refractivity contribution in [2.24, 2.45) is 5.73 Å². The highest BCUT2D eigenvalue weighted by atomic mass is 35.5. The van der Waals surface area contributed by atoms with Crippen molar-refractivity contribution in [2.45, 2.75) is 26.7 Å². The van der Waals surface area contributed by atoms with E-state index in [1.54, 1.807) is 0 Å². The van der Waals surface area contributed by atoms with Gasteiger partial charge < -0.3 is 10.7 Å². The van der Waals surface area contributed by atoms with Crippen LogP contribution in [0.1, 0.15) is 27.9 Å². The first-order valence-corrected chi connectivity index (χ1v) is 8.03. The molecule has 3 N–H and O–H groups in total. The van der Waals surface area contributed by atoms with Crippen molar-refractivity contribution in [1.29, 1.82) is 0 Å². The molecule has 0 aliphatic rings. The third-order valence-corrected chi connectivity index (χ3v) is 4.59. The molecule has 3 rings (SSSR count). The summed E-state index contributed by atoms with van der Waals surface area (Å²) >= 11 is 5.60. The zero-order chi connectivity index (χ0) is 18.3. The number of aromatic nitrogens is 2. The topological polar surface area (TPSA) is 71.8 Å². The lowest BCUT2D eigenvalue weighted by atomic mass is 9.95. The smallest absolute Gasteiger partial charge is 0.221 e. The summed E-state index contributed by atoms with van der Waals surface area (Å²) < 4.78 is 28.4. The predicted octanol–water partition coefficient (Wildman–Crippen LogP) is 3.73. The zero-order valence-electron chi connectivity index (χ0n) is 13.7. The van der Waals surface area contributed by atoms with Gasteiger partial charge in [0.15, 0.2) is 11.0 Å². The molecule has 0 aliphatic heterocycles. The highest BCUT2D eigenvalue weighted by molar-refractivity contribution is 6.29. The molecule has 2 aromatic heterocycles. The van der Waals surface area contributed by atoms with E-state index in [2.05, 4.69) is 9.97 Å². The van der Waals surface area contributed by atoms with E-state index in [4.69, 9.17) is 17.3 Å². The third kappa shape index (κ3) is 3.22. The number of aromatic amines is 1. The van der Waals surface area contributed by atoms with E-state index >= 15 is 0 Å². The van der Waals surface area contributed by atoms with Gasteiger partial charge in [0.25, 0.3) is 0 Å². The normalized spacial score (nSPS) is 11.2. The van der Waals surface area contributed by atoms with E-state index in [-0.39, 0.29) is 18.0 Å². The van der Waals surface area contributed by atoms with Gasteiger partial charge in [0.2, 0.25) is 5.91 Å². The number of rotatable bonds is 4. The molecule has 0 fully saturated rings. The van der Waals surface area contributed by atoms with Gasteiger partial charge in [-0.3, -0.25) is 4.79 Å². The summed E-state index contributed by atoms with van der Waals surface area (Å²) in [6, 6.07) is 2.55. The van der Waals surface area contributed by atoms with Gasteiger partial charge in [0.05, 0.1) is 11.9 Å². The summed E-state index contributed by atoms with van der Waals surface area (Å²) in [5, 5.41) is 0.462. The maximum Gasteiger partial charge on any atom is 0.221 e. The van der Waals surface area contributed by atoms with Gasteiger partial charge in [-0.1, -0.05) is 11.6 Å². The molecule has 7 heteroatoms. The van der Waals surface area contributed by atoms with Crippen LogP contribution in [0.25, 0.3) is 10.9 Å². The lowest BCUT2D eigenvalue weighted by Crippen LogP contribution is -2.14. The monoisotopic (exact) mass is 363 g/mol. The van der Waals surface area contributed by atoms with Crippen molar-refractivity contribution in [3.8, 4) is 0 Å². The van der Waals surface area contributed by atoms with Crippen LogP contribution in [0.5, 0.6) is 0 Å². The van der Waals surface area contributed by atoms with Gasteiger partial charge in [-0.25, -0.2) is 13.8 Å². The van der Waals surface area contributed by atoms with Crippen LogP contribution in [-0.2, 0) is 17.6 Å². The molecule has 4 nitrogen and oxygen atoms in total. The second-order valence-electron chi connectivity index (χ2n) is 6.06. The number of carbonyl (C=O) groups is 1. The van der Waals surface area contributed by atoms with Gasteiger partial charge in [0.1, 0.15) is 5.82 Å². The van der Waals surface area contributed by atoms with E-state index in [1.807, 2.05) is 13.8 Å². The lowest BCUT2D eigenvalue weighted by molar-refractivity contribution is -0.117. The molecular weight excluding hydrogens is 348 g/mol. The average Bonchev–Trinajstić information content (AvgIpc) is 2.82. The number of H-pyrrole nitrogens is 1. The second kappa shape index (κ2) is 6.44. The van der Waals surface area contributed by atoms with Crippen LogP contribution in [0, 0.1) is 25.5 Å². The van der Waals surface area contributed by atoms with Crippen molar-refractivity contribution >= 4 is 28.4 Å². The number of nitrogens with two attached hydrogens (primary N) is 1. The summed E-state index contributed by atoms with van der Waals surface area (Å²) in [7, 11) is 0. The minimum absolute atomic E-state index is 0.0653. The first-order chi connectivity index (χ1) is 11.8. The maximum absolute atomic E-state index is 14.8. The molecule has 25 heavy (non-hydrogen) atoms. The molecule has 0 radical (unpaired) electrons. The quantitative estimate of drug-likeness (QED) is 0.693. The molecule has 0 bridgehead atoms. The molecule has 3 aromatic rings. The van der Waals surface area contributed by atoms with Crippen LogP contribution in [0.4, 0.5) is 8.78 Å². The Morgan fingerprint density at radius 1 is 1.28 bits per heavy atom. The van der Waals surface area contributed by atoms with Crippen LogP contribution in [0.3, 0.4) is 0 Å². The number of fused-ring (bicyclic) bond motifs is 1. The van der Waals surface area contributed by atoms with Gasteiger partial charge in [-0.2, -0.15) is 0 Å². The average molecular weight is 364 g/mol. The number of primary amides is 1. The number of hydrogen-bond donors (Lipinski definition) is 2. The summed E-state index contributed by atoms with van der Waals surface area (Å²) in [6.45, 7) is 3.74. The molecule has 0 saturated carbocycles. The fourth-order valence-electron chi connectivity index (χ4n) is 3.03. The Morgan fingerprint density at radius 3 is 2.64 bits per heavy atom. The molecule has 1 aromatic carbocycles. The van der Waals surface area contributed by atoms with E-state index in [0.29, 0.717) is 27.6 Å². The van der Waals surface area contributed by atoms with Crippen molar-refractivity contribution in [1.82, 2.24) is 9.97 Å². The molecule has 0 aliphatic carbocycles. The van der Waals surface area contributed by atoms with Crippen LogP contribution in [0.2, 0.25) is 5.15 Å². The molecule has 130 valence electrons. The van der Waals surface area contributed by atoms with Gasteiger partial charge in [-0.05, 0) is 42.7 Å². The number of nitrogens with one attached hydrogen (secondary N) is 1. The number of hydrogen-bond acceptors (Lipinski definition) is 2. The van der Waals surface area contributed by atoms with E-state index in [1.165, 1.54) is 18.3 Å². The van der Waals surface area contributed by atoms with Crippen molar-refractivity contribution < 1.29 is 13.6 Å². The Labute approximate surface area is 148 Å². The number of benzene rings is 1. The highest BCUT2D eigenvalue weighted by Crippen LogP contribution is 2.32. The number of nitrogens with zero attached hydrogens (tertiary/aromatic N) is 1. The Balaban J connectivity index is 2.19. The maximum atomic E-state index is 14.8. The van der Waals surface area contributed by atoms with Gasteiger partial charge in [0, 0.05) is 29.3 Å². The van der Waals surface area contributed by atoms with E-state index < -0.39 is 17.5 Å². The zero-order valence-corrected chi connectivity index (χ0v) is 14.5. The Bertz CT molecular complexity index is 998. The fraction of sp³-hybridized carbons (Fsp3) is 0.222. The largest absolute Gasteiger partial charge is 0.369 e. The van der Waals surface area contributed by atoms with Crippen molar-refractivity contribution in [3.05, 3.63) is 63.1 Å². The molecule has 0 unspecified atom stereocenters. The van der Waals surface area contributed by atoms with Crippen LogP contribution < -0.4 is 5.73 Å². The van der Waals surface area contributed by atoms with Gasteiger partial charge >= 0.3 is 0 Å². The van der Waals surface area contributed by atoms with Crippen molar-refractivity contribution in [2.75, 3.05) is 0 Å². The molecule has 0 atom stereocenters. The lowest BCUT2D eigenvalue weighted by Gasteiger charge is -2.10. The minimum atomic E-state index is -0.650. The van der Waals surface area contributed by atoms with Crippen LogP contribution in [0.15, 0.2) is 18.3 Å². The fourth-order valence-corrected chi connectivity index (χ4v) is 3.13. The van der Waals surface area contributed by atoms with E-state index in [9.17, 15) is 13.6 Å². The van der Waals surface area contributed by atoms with Crippen molar-refractivity contribution in [3.63, 3.8) is 0 Å². The van der Waals surface area contributed by atoms with Crippen LogP contribution in [-0.4, -0.2) is 15.9 Å². The number of amides is 1. The second-order valence-corrected chi connectivity index (χ2v) is 6.42. The van der Waals surface area contributed by atoms with E-state index in [0.717, 1.165) is 11.3 Å². The summed E-state index contributed by atoms with van der Waals surface area (Å²) in [5.74, 6) is -1.66. The minimum Gasteiger partial charge on any atom is -0.369 e. The summed E-state index contributed by atoms with van der Waals surface area (Å²) in [4.78, 5) is 18.2. The molecular formula is C18H16ClF2N3O. The molecule has 0 spiro atoms. The Hall–Kier alpha value is -2.47. The predicted molar refractivity (Wildman–Crippen MR) is 92.6 cm³/mol. The number of carbonyl (C=O) groups excluding carboxylic acids is 1. The highest BCUT2D eigenvalue weighted by Gasteiger charge is 2.19. The molecule has 0 saturated heterocycles. The summed E-state index contributed by atoms with van der Waals surface area (Å²) in [6.07, 6.45) is 1.51.